The fourth-order valence-corrected chi connectivity index (χ4v) is 1.17. The number of nitrogens with one attached hydrogen (secondary N) is 1. The molecule has 0 spiro atoms. The highest BCUT2D eigenvalue weighted by Crippen LogP contribution is 2.11. The molecule has 0 unspecified atom stereocenters. The van der Waals surface area contributed by atoms with Gasteiger partial charge in [0, 0.05) is 6.54 Å². The van der Waals surface area contributed by atoms with Gasteiger partial charge in [-0.25, -0.2) is 0 Å². The van der Waals surface area contributed by atoms with Crippen LogP contribution in [0.5, 0.6) is 0 Å². The van der Waals surface area contributed by atoms with E-state index in [9.17, 15) is 4.79 Å². The zero-order chi connectivity index (χ0) is 11.5. The molecule has 1 heterocycles. The highest BCUT2D eigenvalue weighted by Gasteiger charge is 2.10. The van der Waals surface area contributed by atoms with Crippen molar-refractivity contribution in [1.29, 1.82) is 0 Å². The second kappa shape index (κ2) is 4.49. The average Bonchev–Trinajstić information content (AvgIpc) is 2.50. The van der Waals surface area contributed by atoms with Gasteiger partial charge < -0.3 is 15.5 Å². The summed E-state index contributed by atoms with van der Waals surface area (Å²) in [7, 11) is 0. The van der Waals surface area contributed by atoms with Crippen molar-refractivity contribution >= 4 is 5.91 Å². The summed E-state index contributed by atoms with van der Waals surface area (Å²) in [6.45, 7) is 7.95. The Morgan fingerprint density at radius 1 is 1.47 bits per heavy atom. The van der Waals surface area contributed by atoms with Crippen LogP contribution < -0.4 is 11.1 Å². The quantitative estimate of drug-likeness (QED) is 0.791. The third kappa shape index (κ3) is 4.16. The lowest BCUT2D eigenvalue weighted by Gasteiger charge is -2.18. The molecule has 4 heteroatoms. The molecule has 84 valence electrons. The first-order chi connectivity index (χ1) is 6.88. The van der Waals surface area contributed by atoms with E-state index in [2.05, 4.69) is 26.1 Å². The van der Waals surface area contributed by atoms with Gasteiger partial charge in [0.1, 0.15) is 5.76 Å². The van der Waals surface area contributed by atoms with Gasteiger partial charge in [-0.3, -0.25) is 4.79 Å². The third-order valence-corrected chi connectivity index (χ3v) is 1.86. The summed E-state index contributed by atoms with van der Waals surface area (Å²) < 4.78 is 5.22. The standard InChI is InChI=1S/C11H18N2O2/c1-11(2,3)7-13-6-8-4-5-9(15-8)10(12)14/h4-5,13H,6-7H2,1-3H3,(H2,12,14). The monoisotopic (exact) mass is 210 g/mol. The molecule has 15 heavy (non-hydrogen) atoms. The van der Waals surface area contributed by atoms with Crippen LogP contribution in [0.4, 0.5) is 0 Å². The first-order valence-corrected chi connectivity index (χ1v) is 4.98. The normalized spacial score (nSPS) is 11.7. The minimum atomic E-state index is -0.530. The van der Waals surface area contributed by atoms with Gasteiger partial charge in [-0.05, 0) is 17.5 Å². The van der Waals surface area contributed by atoms with Gasteiger partial charge in [0.25, 0.3) is 5.91 Å². The number of furan rings is 1. The molecular formula is C11H18N2O2. The molecule has 0 aliphatic heterocycles. The molecule has 0 bridgehead atoms. The van der Waals surface area contributed by atoms with Gasteiger partial charge in [-0.1, -0.05) is 20.8 Å². The van der Waals surface area contributed by atoms with Crippen molar-refractivity contribution in [3.05, 3.63) is 23.7 Å². The molecule has 0 aromatic carbocycles. The number of carbonyl (C=O) groups excluding carboxylic acids is 1. The molecule has 0 aliphatic rings. The largest absolute Gasteiger partial charge is 0.455 e. The topological polar surface area (TPSA) is 68.3 Å². The number of rotatable bonds is 4. The molecule has 0 saturated heterocycles. The lowest BCUT2D eigenvalue weighted by Crippen LogP contribution is -2.26. The van der Waals surface area contributed by atoms with E-state index in [1.54, 1.807) is 12.1 Å². The lowest BCUT2D eigenvalue weighted by molar-refractivity contribution is 0.0972. The van der Waals surface area contributed by atoms with Crippen LogP contribution in [0.25, 0.3) is 0 Å². The number of hydrogen-bond acceptors (Lipinski definition) is 3. The molecule has 0 atom stereocenters. The van der Waals surface area contributed by atoms with E-state index in [-0.39, 0.29) is 11.2 Å². The molecule has 1 rings (SSSR count). The van der Waals surface area contributed by atoms with E-state index in [0.717, 1.165) is 12.3 Å². The maximum absolute atomic E-state index is 10.8. The van der Waals surface area contributed by atoms with Gasteiger partial charge in [-0.15, -0.1) is 0 Å². The van der Waals surface area contributed by atoms with Crippen molar-refractivity contribution in [2.75, 3.05) is 6.54 Å². The predicted octanol–water partition coefficient (Wildman–Crippen LogP) is 1.51. The van der Waals surface area contributed by atoms with E-state index < -0.39 is 5.91 Å². The minimum Gasteiger partial charge on any atom is -0.455 e. The van der Waals surface area contributed by atoms with Crippen molar-refractivity contribution < 1.29 is 9.21 Å². The van der Waals surface area contributed by atoms with Crippen LogP contribution in [0.3, 0.4) is 0 Å². The number of hydrogen-bond donors (Lipinski definition) is 2. The highest BCUT2D eigenvalue weighted by molar-refractivity contribution is 5.89. The molecule has 1 amide bonds. The fourth-order valence-electron chi connectivity index (χ4n) is 1.17. The van der Waals surface area contributed by atoms with Crippen molar-refractivity contribution in [2.45, 2.75) is 27.3 Å². The first kappa shape index (κ1) is 11.8. The van der Waals surface area contributed by atoms with E-state index in [0.29, 0.717) is 6.54 Å². The van der Waals surface area contributed by atoms with Crippen LogP contribution in [-0.4, -0.2) is 12.5 Å². The summed E-state index contributed by atoms with van der Waals surface area (Å²) >= 11 is 0. The van der Waals surface area contributed by atoms with Gasteiger partial charge in [0.2, 0.25) is 0 Å². The molecule has 1 aromatic heterocycles. The first-order valence-electron chi connectivity index (χ1n) is 4.98. The van der Waals surface area contributed by atoms with Gasteiger partial charge >= 0.3 is 0 Å². The zero-order valence-corrected chi connectivity index (χ0v) is 9.46. The Morgan fingerprint density at radius 2 is 2.13 bits per heavy atom. The smallest absolute Gasteiger partial charge is 0.284 e. The van der Waals surface area contributed by atoms with E-state index >= 15 is 0 Å². The van der Waals surface area contributed by atoms with Crippen molar-refractivity contribution in [3.8, 4) is 0 Å². The average molecular weight is 210 g/mol. The summed E-state index contributed by atoms with van der Waals surface area (Å²) in [5, 5.41) is 3.25. The van der Waals surface area contributed by atoms with Crippen LogP contribution in [0.2, 0.25) is 0 Å². The third-order valence-electron chi connectivity index (χ3n) is 1.86. The zero-order valence-electron chi connectivity index (χ0n) is 9.46. The van der Waals surface area contributed by atoms with Crippen LogP contribution in [0, 0.1) is 5.41 Å². The number of primary amides is 1. The van der Waals surface area contributed by atoms with Gasteiger partial charge in [-0.2, -0.15) is 0 Å². The van der Waals surface area contributed by atoms with Crippen LogP contribution in [0.1, 0.15) is 37.1 Å². The number of amides is 1. The SMILES string of the molecule is CC(C)(C)CNCc1ccc(C(N)=O)o1. The summed E-state index contributed by atoms with van der Waals surface area (Å²) in [6, 6.07) is 3.35. The Morgan fingerprint density at radius 3 is 2.60 bits per heavy atom. The Balaban J connectivity index is 2.41. The molecule has 1 aromatic rings. The molecule has 0 fully saturated rings. The second-order valence-electron chi connectivity index (χ2n) is 4.79. The van der Waals surface area contributed by atoms with Gasteiger partial charge in [0.05, 0.1) is 6.54 Å². The van der Waals surface area contributed by atoms with Crippen LogP contribution in [0.15, 0.2) is 16.5 Å². The fraction of sp³-hybridized carbons (Fsp3) is 0.545. The van der Waals surface area contributed by atoms with E-state index in [1.807, 2.05) is 0 Å². The van der Waals surface area contributed by atoms with Crippen LogP contribution in [-0.2, 0) is 6.54 Å². The lowest BCUT2D eigenvalue weighted by atomic mass is 9.97. The maximum Gasteiger partial charge on any atom is 0.284 e. The maximum atomic E-state index is 10.8. The van der Waals surface area contributed by atoms with Crippen molar-refractivity contribution in [2.24, 2.45) is 11.1 Å². The number of nitrogens with two attached hydrogens (primary N) is 1. The Kier molecular flexibility index (Phi) is 3.52. The van der Waals surface area contributed by atoms with Crippen molar-refractivity contribution in [1.82, 2.24) is 5.32 Å². The van der Waals surface area contributed by atoms with Crippen LogP contribution >= 0.6 is 0 Å². The Bertz CT molecular complexity index is 337. The molecule has 0 aliphatic carbocycles. The summed E-state index contributed by atoms with van der Waals surface area (Å²) in [6.07, 6.45) is 0. The molecule has 0 radical (unpaired) electrons. The Hall–Kier alpha value is -1.29. The van der Waals surface area contributed by atoms with E-state index in [1.165, 1.54) is 0 Å². The summed E-state index contributed by atoms with van der Waals surface area (Å²) in [5.74, 6) is 0.410. The van der Waals surface area contributed by atoms with E-state index in [4.69, 9.17) is 10.2 Å². The second-order valence-corrected chi connectivity index (χ2v) is 4.79. The number of carbonyl (C=O) groups is 1. The highest BCUT2D eigenvalue weighted by atomic mass is 16.3. The molecule has 4 nitrogen and oxygen atoms in total. The molecular weight excluding hydrogens is 192 g/mol. The Labute approximate surface area is 89.8 Å². The van der Waals surface area contributed by atoms with Crippen molar-refractivity contribution in [3.63, 3.8) is 0 Å². The van der Waals surface area contributed by atoms with Gasteiger partial charge in [0.15, 0.2) is 5.76 Å². The summed E-state index contributed by atoms with van der Waals surface area (Å²) in [4.78, 5) is 10.8. The summed E-state index contributed by atoms with van der Waals surface area (Å²) in [5.41, 5.74) is 5.31. The minimum absolute atomic E-state index is 0.211. The molecule has 0 saturated carbocycles. The predicted molar refractivity (Wildman–Crippen MR) is 58.4 cm³/mol. The molecule has 3 N–H and O–H groups in total.